The highest BCUT2D eigenvalue weighted by Crippen LogP contribution is 2.24. The third-order valence-corrected chi connectivity index (χ3v) is 7.39. The number of nitrogens with zero attached hydrogens (tertiary/aromatic N) is 3. The fraction of sp³-hybridized carbons (Fsp3) is 0.682. The molecule has 1 aromatic rings. The summed E-state index contributed by atoms with van der Waals surface area (Å²) in [7, 11) is -3.08. The van der Waals surface area contributed by atoms with Gasteiger partial charge in [0.1, 0.15) is 0 Å². The van der Waals surface area contributed by atoms with Crippen molar-refractivity contribution in [2.24, 2.45) is 10.9 Å². The summed E-state index contributed by atoms with van der Waals surface area (Å²) in [6, 6.07) is 8.94. The molecule has 7 nitrogen and oxygen atoms in total. The van der Waals surface area contributed by atoms with Gasteiger partial charge in [-0.3, -0.25) is 4.99 Å². The minimum atomic E-state index is -3.08. The zero-order chi connectivity index (χ0) is 21.6. The van der Waals surface area contributed by atoms with Gasteiger partial charge in [0.2, 0.25) is 10.0 Å². The van der Waals surface area contributed by atoms with Gasteiger partial charge in [0.05, 0.1) is 12.3 Å². The summed E-state index contributed by atoms with van der Waals surface area (Å²) < 4.78 is 24.9. The van der Waals surface area contributed by atoms with Gasteiger partial charge in [0.25, 0.3) is 0 Å². The van der Waals surface area contributed by atoms with Crippen LogP contribution in [0.3, 0.4) is 0 Å². The van der Waals surface area contributed by atoms with E-state index in [2.05, 4.69) is 53.6 Å². The minimum absolute atomic E-state index is 0.150. The van der Waals surface area contributed by atoms with Gasteiger partial charge in [-0.2, -0.15) is 0 Å². The summed E-state index contributed by atoms with van der Waals surface area (Å²) >= 11 is 0. The first kappa shape index (κ1) is 22.9. The molecule has 2 heterocycles. The lowest BCUT2D eigenvalue weighted by molar-refractivity contribution is 0.280. The fourth-order valence-electron chi connectivity index (χ4n) is 4.22. The van der Waals surface area contributed by atoms with E-state index in [1.807, 2.05) is 0 Å². The predicted molar refractivity (Wildman–Crippen MR) is 125 cm³/mol. The van der Waals surface area contributed by atoms with Gasteiger partial charge in [0.15, 0.2) is 5.96 Å². The van der Waals surface area contributed by atoms with E-state index in [4.69, 9.17) is 4.99 Å². The minimum Gasteiger partial charge on any atom is -0.372 e. The van der Waals surface area contributed by atoms with Gasteiger partial charge in [-0.15, -0.1) is 0 Å². The first-order chi connectivity index (χ1) is 14.4. The van der Waals surface area contributed by atoms with Crippen LogP contribution in [0.25, 0.3) is 0 Å². The number of piperidine rings is 1. The van der Waals surface area contributed by atoms with Gasteiger partial charge in [-0.25, -0.2) is 12.7 Å². The van der Waals surface area contributed by atoms with Gasteiger partial charge in [-0.1, -0.05) is 12.1 Å². The maximum Gasteiger partial charge on any atom is 0.211 e. The summed E-state index contributed by atoms with van der Waals surface area (Å²) in [6.07, 6.45) is 5.57. The van der Waals surface area contributed by atoms with Crippen molar-refractivity contribution in [3.63, 3.8) is 0 Å². The molecule has 2 N–H and O–H groups in total. The lowest BCUT2D eigenvalue weighted by Gasteiger charge is -2.29. The number of rotatable bonds is 7. The summed E-state index contributed by atoms with van der Waals surface area (Å²) in [5.74, 6) is 1.24. The molecule has 30 heavy (non-hydrogen) atoms. The second-order valence-electron chi connectivity index (χ2n) is 8.48. The highest BCUT2D eigenvalue weighted by molar-refractivity contribution is 7.88. The number of sulfonamides is 1. The molecule has 0 aromatic heterocycles. The van der Waals surface area contributed by atoms with Crippen LogP contribution in [0.4, 0.5) is 5.69 Å². The van der Waals surface area contributed by atoms with Crippen LogP contribution in [-0.2, 0) is 10.0 Å². The smallest absolute Gasteiger partial charge is 0.211 e. The van der Waals surface area contributed by atoms with Crippen molar-refractivity contribution >= 4 is 21.7 Å². The van der Waals surface area contributed by atoms with E-state index in [1.165, 1.54) is 30.3 Å². The van der Waals surface area contributed by atoms with E-state index in [1.54, 1.807) is 4.31 Å². The van der Waals surface area contributed by atoms with E-state index < -0.39 is 10.0 Å². The first-order valence-electron chi connectivity index (χ1n) is 11.2. The first-order valence-corrected chi connectivity index (χ1v) is 13.1. The number of hydrogen-bond donors (Lipinski definition) is 2. The quantitative estimate of drug-likeness (QED) is 0.508. The van der Waals surface area contributed by atoms with Crippen LogP contribution < -0.4 is 15.5 Å². The van der Waals surface area contributed by atoms with Crippen LogP contribution in [-0.4, -0.2) is 64.2 Å². The van der Waals surface area contributed by atoms with E-state index in [0.717, 1.165) is 38.4 Å². The molecule has 2 aliphatic heterocycles. The molecule has 2 saturated heterocycles. The summed E-state index contributed by atoms with van der Waals surface area (Å²) in [5.41, 5.74) is 2.56. The van der Waals surface area contributed by atoms with Crippen LogP contribution in [0.2, 0.25) is 0 Å². The number of nitrogens with one attached hydrogen (secondary N) is 2. The average Bonchev–Trinajstić information content (AvgIpc) is 3.27. The molecule has 8 heteroatoms. The maximum absolute atomic E-state index is 11.7. The Balaban J connectivity index is 1.57. The number of anilines is 1. The normalized spacial score (nSPS) is 20.4. The van der Waals surface area contributed by atoms with E-state index >= 15 is 0 Å². The second kappa shape index (κ2) is 10.5. The standard InChI is InChI=1S/C22H37N5O2S/c1-4-23-22(24-17-19-10-14-27(15-11-19)30(3,28)29)25-18(2)20-8-7-9-21(16-20)26-12-5-6-13-26/h7-9,16,18-19H,4-6,10-15,17H2,1-3H3,(H2,23,24,25). The molecule has 1 aromatic carbocycles. The molecule has 0 bridgehead atoms. The number of benzene rings is 1. The molecule has 168 valence electrons. The van der Waals surface area contributed by atoms with Crippen molar-refractivity contribution in [2.45, 2.75) is 45.6 Å². The number of hydrogen-bond acceptors (Lipinski definition) is 4. The van der Waals surface area contributed by atoms with Crippen molar-refractivity contribution < 1.29 is 8.42 Å². The lowest BCUT2D eigenvalue weighted by atomic mass is 9.98. The summed E-state index contributed by atoms with van der Waals surface area (Å²) in [4.78, 5) is 7.26. The average molecular weight is 436 g/mol. The summed E-state index contributed by atoms with van der Waals surface area (Å²) in [5, 5.41) is 6.89. The number of guanidine groups is 1. The second-order valence-corrected chi connectivity index (χ2v) is 10.5. The van der Waals surface area contributed by atoms with E-state index in [0.29, 0.717) is 25.6 Å². The van der Waals surface area contributed by atoms with Crippen LogP contribution in [0.15, 0.2) is 29.3 Å². The molecule has 0 saturated carbocycles. The molecular weight excluding hydrogens is 398 g/mol. The molecule has 0 amide bonds. The van der Waals surface area contributed by atoms with Crippen LogP contribution in [0.1, 0.15) is 51.1 Å². The van der Waals surface area contributed by atoms with Gasteiger partial charge in [0, 0.05) is 45.0 Å². The molecule has 1 atom stereocenters. The Labute approximate surface area is 182 Å². The zero-order valence-electron chi connectivity index (χ0n) is 18.6. The monoisotopic (exact) mass is 435 g/mol. The van der Waals surface area contributed by atoms with Crippen molar-refractivity contribution in [1.82, 2.24) is 14.9 Å². The molecule has 3 rings (SSSR count). The van der Waals surface area contributed by atoms with Crippen molar-refractivity contribution in [3.8, 4) is 0 Å². The molecule has 0 spiro atoms. The fourth-order valence-corrected chi connectivity index (χ4v) is 5.09. The predicted octanol–water partition coefficient (Wildman–Crippen LogP) is 2.57. The molecular formula is C22H37N5O2S. The van der Waals surface area contributed by atoms with E-state index in [-0.39, 0.29) is 6.04 Å². The van der Waals surface area contributed by atoms with Crippen LogP contribution >= 0.6 is 0 Å². The van der Waals surface area contributed by atoms with E-state index in [9.17, 15) is 8.42 Å². The van der Waals surface area contributed by atoms with Crippen molar-refractivity contribution in [1.29, 1.82) is 0 Å². The van der Waals surface area contributed by atoms with Crippen LogP contribution in [0, 0.1) is 5.92 Å². The molecule has 0 aliphatic carbocycles. The molecule has 2 fully saturated rings. The largest absolute Gasteiger partial charge is 0.372 e. The Morgan fingerprint density at radius 2 is 1.90 bits per heavy atom. The lowest BCUT2D eigenvalue weighted by Crippen LogP contribution is -2.40. The maximum atomic E-state index is 11.7. The van der Waals surface area contributed by atoms with Crippen molar-refractivity contribution in [2.75, 3.05) is 50.4 Å². The van der Waals surface area contributed by atoms with Gasteiger partial charge < -0.3 is 15.5 Å². The SMILES string of the molecule is CCNC(=NCC1CCN(S(C)(=O)=O)CC1)NC(C)c1cccc(N2CCCC2)c1. The summed E-state index contributed by atoms with van der Waals surface area (Å²) in [6.45, 7) is 9.25. The third kappa shape index (κ3) is 6.35. The third-order valence-electron chi connectivity index (χ3n) is 6.09. The zero-order valence-corrected chi connectivity index (χ0v) is 19.4. The molecule has 1 unspecified atom stereocenters. The Morgan fingerprint density at radius 3 is 2.53 bits per heavy atom. The van der Waals surface area contributed by atoms with Gasteiger partial charge >= 0.3 is 0 Å². The molecule has 0 radical (unpaired) electrons. The topological polar surface area (TPSA) is 77.0 Å². The Morgan fingerprint density at radius 1 is 1.20 bits per heavy atom. The Hall–Kier alpha value is -1.80. The Bertz CT molecular complexity index is 813. The van der Waals surface area contributed by atoms with Crippen LogP contribution in [0.5, 0.6) is 0 Å². The molecule has 2 aliphatic rings. The highest BCUT2D eigenvalue weighted by atomic mass is 32.2. The van der Waals surface area contributed by atoms with Crippen molar-refractivity contribution in [3.05, 3.63) is 29.8 Å². The Kier molecular flexibility index (Phi) is 7.99. The van der Waals surface area contributed by atoms with Gasteiger partial charge in [-0.05, 0) is 63.1 Å². The number of aliphatic imine (C=N–C) groups is 1. The highest BCUT2D eigenvalue weighted by Gasteiger charge is 2.24.